The molecule has 3 heteroatoms. The van der Waals surface area contributed by atoms with Gasteiger partial charge in [0.15, 0.2) is 0 Å². The van der Waals surface area contributed by atoms with Crippen molar-refractivity contribution in [2.75, 3.05) is 0 Å². The van der Waals surface area contributed by atoms with Gasteiger partial charge in [-0.2, -0.15) is 0 Å². The van der Waals surface area contributed by atoms with E-state index in [-0.39, 0.29) is 5.82 Å². The molecule has 0 amide bonds. The van der Waals surface area contributed by atoms with Crippen LogP contribution in [0.15, 0.2) is 60.9 Å². The minimum absolute atomic E-state index is 0.219. The highest BCUT2D eigenvalue weighted by atomic mass is 19.1. The minimum atomic E-state index is -0.219. The molecule has 0 aliphatic heterocycles. The molecule has 0 aliphatic rings. The van der Waals surface area contributed by atoms with Crippen LogP contribution in [0.2, 0.25) is 0 Å². The van der Waals surface area contributed by atoms with E-state index in [4.69, 9.17) is 0 Å². The van der Waals surface area contributed by atoms with Gasteiger partial charge in [0.25, 0.3) is 0 Å². The third-order valence-corrected chi connectivity index (χ3v) is 5.00. The Balaban J connectivity index is 1.79. The van der Waals surface area contributed by atoms with E-state index in [2.05, 4.69) is 42.0 Å². The summed E-state index contributed by atoms with van der Waals surface area (Å²) in [6.07, 6.45) is 5.48. The fraction of sp³-hybridized carbons (Fsp3) is 0.174. The predicted octanol–water partition coefficient (Wildman–Crippen LogP) is 6.16. The van der Waals surface area contributed by atoms with Crippen molar-refractivity contribution in [3.05, 3.63) is 77.9 Å². The molecule has 0 bridgehead atoms. The van der Waals surface area contributed by atoms with Crippen LogP contribution in [0, 0.1) is 5.82 Å². The monoisotopic (exact) mass is 344 g/mol. The molecule has 0 radical (unpaired) electrons. The first-order valence-electron chi connectivity index (χ1n) is 9.05. The molecule has 0 aliphatic carbocycles. The molecule has 0 saturated heterocycles. The lowest BCUT2D eigenvalue weighted by molar-refractivity contribution is 0.632. The van der Waals surface area contributed by atoms with Crippen molar-refractivity contribution in [1.82, 2.24) is 9.97 Å². The molecule has 2 nitrogen and oxygen atoms in total. The largest absolute Gasteiger partial charge is 0.346 e. The molecule has 0 unspecified atom stereocenters. The highest BCUT2D eigenvalue weighted by molar-refractivity contribution is 5.82. The second kappa shape index (κ2) is 6.75. The summed E-state index contributed by atoms with van der Waals surface area (Å²) < 4.78 is 14.9. The normalized spacial score (nSPS) is 11.2. The van der Waals surface area contributed by atoms with Crippen molar-refractivity contribution in [2.45, 2.75) is 26.7 Å². The van der Waals surface area contributed by atoms with Gasteiger partial charge in [0.1, 0.15) is 11.5 Å². The number of nitrogens with one attached hydrogen (secondary N) is 1. The second-order valence-corrected chi connectivity index (χ2v) is 6.48. The molecule has 0 atom stereocenters. The topological polar surface area (TPSA) is 28.7 Å². The number of rotatable bonds is 4. The molecule has 4 rings (SSSR count). The van der Waals surface area contributed by atoms with Gasteiger partial charge in [-0.15, -0.1) is 0 Å². The number of aryl methyl sites for hydroxylation is 1. The zero-order valence-electron chi connectivity index (χ0n) is 15.0. The summed E-state index contributed by atoms with van der Waals surface area (Å²) in [5.74, 6) is -0.219. The lowest BCUT2D eigenvalue weighted by atomic mass is 9.91. The van der Waals surface area contributed by atoms with Crippen LogP contribution in [0.25, 0.3) is 33.3 Å². The van der Waals surface area contributed by atoms with Crippen molar-refractivity contribution in [2.24, 2.45) is 0 Å². The van der Waals surface area contributed by atoms with E-state index in [0.29, 0.717) is 5.56 Å². The van der Waals surface area contributed by atoms with Crippen LogP contribution in [0.1, 0.15) is 25.0 Å². The van der Waals surface area contributed by atoms with E-state index in [9.17, 15) is 4.39 Å². The van der Waals surface area contributed by atoms with Crippen LogP contribution >= 0.6 is 0 Å². The Morgan fingerprint density at radius 3 is 2.58 bits per heavy atom. The zero-order chi connectivity index (χ0) is 18.1. The van der Waals surface area contributed by atoms with Crippen LogP contribution in [0.4, 0.5) is 4.39 Å². The predicted molar refractivity (Wildman–Crippen MR) is 106 cm³/mol. The molecule has 1 N–H and O–H groups in total. The van der Waals surface area contributed by atoms with Crippen molar-refractivity contribution in [1.29, 1.82) is 0 Å². The fourth-order valence-corrected chi connectivity index (χ4v) is 3.66. The molecule has 0 fully saturated rings. The molecule has 0 saturated carbocycles. The second-order valence-electron chi connectivity index (χ2n) is 6.48. The Morgan fingerprint density at radius 2 is 1.81 bits per heavy atom. The van der Waals surface area contributed by atoms with E-state index >= 15 is 0 Å². The van der Waals surface area contributed by atoms with Gasteiger partial charge in [-0.05, 0) is 53.3 Å². The van der Waals surface area contributed by atoms with Crippen LogP contribution in [0.5, 0.6) is 0 Å². The molecular formula is C23H21FN2. The molecule has 0 spiro atoms. The van der Waals surface area contributed by atoms with E-state index < -0.39 is 0 Å². The average Bonchev–Trinajstić information content (AvgIpc) is 3.14. The summed E-state index contributed by atoms with van der Waals surface area (Å²) in [5.41, 5.74) is 6.86. The van der Waals surface area contributed by atoms with E-state index in [1.165, 1.54) is 11.1 Å². The van der Waals surface area contributed by atoms with Gasteiger partial charge in [0.2, 0.25) is 0 Å². The summed E-state index contributed by atoms with van der Waals surface area (Å²) in [6.45, 7) is 4.31. The van der Waals surface area contributed by atoms with E-state index in [0.717, 1.165) is 40.6 Å². The molecule has 26 heavy (non-hydrogen) atoms. The third-order valence-electron chi connectivity index (χ3n) is 5.00. The van der Waals surface area contributed by atoms with Crippen molar-refractivity contribution >= 4 is 11.0 Å². The Morgan fingerprint density at radius 1 is 0.923 bits per heavy atom. The smallest absolute Gasteiger partial charge is 0.137 e. The van der Waals surface area contributed by atoms with Gasteiger partial charge in [0, 0.05) is 28.9 Å². The average molecular weight is 344 g/mol. The number of hydrogen-bond donors (Lipinski definition) is 1. The first-order valence-corrected chi connectivity index (χ1v) is 9.05. The summed E-state index contributed by atoms with van der Waals surface area (Å²) in [4.78, 5) is 7.43. The highest BCUT2D eigenvalue weighted by Gasteiger charge is 2.12. The molecule has 2 aromatic heterocycles. The van der Waals surface area contributed by atoms with Crippen LogP contribution in [0.3, 0.4) is 0 Å². The molecule has 4 aromatic rings. The van der Waals surface area contributed by atoms with Crippen molar-refractivity contribution in [3.8, 4) is 22.3 Å². The lowest BCUT2D eigenvalue weighted by Gasteiger charge is -2.14. The first kappa shape index (κ1) is 16.5. The maximum atomic E-state index is 14.9. The van der Waals surface area contributed by atoms with Gasteiger partial charge < -0.3 is 4.98 Å². The Labute approximate surface area is 152 Å². The standard InChI is InChI=1S/C23H21FN2/c1-3-15-6-5-7-20(19(15)4-2)16-8-9-21(22(24)13-16)18-12-17-10-11-25-23(17)26-14-18/h5-14H,3-4H2,1-2H3,(H,25,26). The maximum Gasteiger partial charge on any atom is 0.137 e. The van der Waals surface area contributed by atoms with Crippen LogP contribution < -0.4 is 0 Å². The number of aromatic amines is 1. The number of H-pyrrole nitrogens is 1. The fourth-order valence-electron chi connectivity index (χ4n) is 3.66. The SMILES string of the molecule is CCc1cccc(-c2ccc(-c3cnc4[nH]ccc4c3)c(F)c2)c1CC. The van der Waals surface area contributed by atoms with E-state index in [1.807, 2.05) is 30.5 Å². The molecule has 2 heterocycles. The zero-order valence-corrected chi connectivity index (χ0v) is 15.0. The molecule has 130 valence electrons. The number of benzene rings is 2. The Bertz CT molecular complexity index is 1080. The van der Waals surface area contributed by atoms with Gasteiger partial charge in [-0.25, -0.2) is 9.37 Å². The molecule has 2 aromatic carbocycles. The summed E-state index contributed by atoms with van der Waals surface area (Å²) in [7, 11) is 0. The third kappa shape index (κ3) is 2.80. The number of fused-ring (bicyclic) bond motifs is 1. The first-order chi connectivity index (χ1) is 12.7. The van der Waals surface area contributed by atoms with Crippen LogP contribution in [-0.2, 0) is 12.8 Å². The number of pyridine rings is 1. The number of halogens is 1. The van der Waals surface area contributed by atoms with Crippen molar-refractivity contribution < 1.29 is 4.39 Å². The number of aromatic nitrogens is 2. The summed E-state index contributed by atoms with van der Waals surface area (Å²) in [6, 6.07) is 15.7. The van der Waals surface area contributed by atoms with Gasteiger partial charge in [-0.1, -0.05) is 44.2 Å². The highest BCUT2D eigenvalue weighted by Crippen LogP contribution is 2.32. The maximum absolute atomic E-state index is 14.9. The summed E-state index contributed by atoms with van der Waals surface area (Å²) in [5, 5.41) is 0.981. The quantitative estimate of drug-likeness (QED) is 0.472. The number of hydrogen-bond acceptors (Lipinski definition) is 1. The van der Waals surface area contributed by atoms with Crippen molar-refractivity contribution in [3.63, 3.8) is 0 Å². The minimum Gasteiger partial charge on any atom is -0.346 e. The lowest BCUT2D eigenvalue weighted by Crippen LogP contribution is -1.96. The van der Waals surface area contributed by atoms with Gasteiger partial charge >= 0.3 is 0 Å². The summed E-state index contributed by atoms with van der Waals surface area (Å²) >= 11 is 0. The number of nitrogens with zero attached hydrogens (tertiary/aromatic N) is 1. The Kier molecular flexibility index (Phi) is 4.29. The molecular weight excluding hydrogens is 323 g/mol. The van der Waals surface area contributed by atoms with Crippen LogP contribution in [-0.4, -0.2) is 9.97 Å². The van der Waals surface area contributed by atoms with Gasteiger partial charge in [-0.3, -0.25) is 0 Å². The Hall–Kier alpha value is -2.94. The van der Waals surface area contributed by atoms with Gasteiger partial charge in [0.05, 0.1) is 0 Å². The van der Waals surface area contributed by atoms with E-state index in [1.54, 1.807) is 12.3 Å².